The summed E-state index contributed by atoms with van der Waals surface area (Å²) >= 11 is 1.77. The minimum absolute atomic E-state index is 0.234. The molecule has 0 aliphatic heterocycles. The second kappa shape index (κ2) is 8.17. The number of benzene rings is 2. The van der Waals surface area contributed by atoms with Gasteiger partial charge in [0.2, 0.25) is 5.95 Å². The van der Waals surface area contributed by atoms with Gasteiger partial charge in [0, 0.05) is 45.5 Å². The van der Waals surface area contributed by atoms with E-state index in [0.29, 0.717) is 5.82 Å². The van der Waals surface area contributed by atoms with Gasteiger partial charge in [-0.3, -0.25) is 5.10 Å². The Bertz CT molecular complexity index is 1390. The number of nitrogens with zero attached hydrogens (tertiary/aromatic N) is 3. The maximum absolute atomic E-state index is 5.72. The Balaban J connectivity index is 1.53. The number of aromatic amines is 1. The summed E-state index contributed by atoms with van der Waals surface area (Å²) in [5.74, 6) is 0.881. The van der Waals surface area contributed by atoms with Crippen molar-refractivity contribution in [2.24, 2.45) is 0 Å². The van der Waals surface area contributed by atoms with Gasteiger partial charge >= 0.3 is 0 Å². The molecule has 0 radical (unpaired) electrons. The van der Waals surface area contributed by atoms with Crippen LogP contribution in [0, 0.1) is 0 Å². The van der Waals surface area contributed by atoms with E-state index in [9.17, 15) is 0 Å². The van der Waals surface area contributed by atoms with Crippen molar-refractivity contribution in [2.45, 2.75) is 6.54 Å². The van der Waals surface area contributed by atoms with Crippen LogP contribution in [0.25, 0.3) is 31.4 Å². The van der Waals surface area contributed by atoms with E-state index in [1.807, 2.05) is 18.3 Å². The number of H-pyrrole nitrogens is 1. The fourth-order valence-electron chi connectivity index (χ4n) is 3.57. The van der Waals surface area contributed by atoms with E-state index in [4.69, 9.17) is 5.73 Å². The number of hydrogen-bond acceptors (Lipinski definition) is 7. The highest BCUT2D eigenvalue weighted by Gasteiger charge is 2.12. The summed E-state index contributed by atoms with van der Waals surface area (Å²) in [6, 6.07) is 14.8. The van der Waals surface area contributed by atoms with Gasteiger partial charge in [0.1, 0.15) is 5.82 Å². The molecule has 0 saturated carbocycles. The van der Waals surface area contributed by atoms with E-state index >= 15 is 0 Å². The average molecular weight is 428 g/mol. The van der Waals surface area contributed by atoms with Gasteiger partial charge < -0.3 is 16.4 Å². The van der Waals surface area contributed by atoms with E-state index in [1.54, 1.807) is 23.6 Å². The molecule has 0 aliphatic carbocycles. The summed E-state index contributed by atoms with van der Waals surface area (Å²) in [5, 5.41) is 16.3. The van der Waals surface area contributed by atoms with E-state index in [0.717, 1.165) is 35.2 Å². The van der Waals surface area contributed by atoms with E-state index in [2.05, 4.69) is 67.7 Å². The van der Waals surface area contributed by atoms with Gasteiger partial charge in [-0.1, -0.05) is 12.1 Å². The Hall–Kier alpha value is -3.75. The van der Waals surface area contributed by atoms with Crippen molar-refractivity contribution >= 4 is 49.8 Å². The molecule has 5 N–H and O–H groups in total. The lowest BCUT2D eigenvalue weighted by molar-refractivity contribution is 0.761. The molecular weight excluding hydrogens is 406 g/mol. The Morgan fingerprint density at radius 2 is 2.06 bits per heavy atom. The third kappa shape index (κ3) is 3.98. The number of hydrogen-bond donors (Lipinski definition) is 4. The normalized spacial score (nSPS) is 11.2. The summed E-state index contributed by atoms with van der Waals surface area (Å²) in [4.78, 5) is 9.36. The summed E-state index contributed by atoms with van der Waals surface area (Å²) in [5.41, 5.74) is 9.98. The second-order valence-corrected chi connectivity index (χ2v) is 8.27. The third-order valence-electron chi connectivity index (χ3n) is 4.96. The van der Waals surface area contributed by atoms with Crippen molar-refractivity contribution < 1.29 is 0 Å². The lowest BCUT2D eigenvalue weighted by atomic mass is 10.1. The number of fused-ring (bicyclic) bond motifs is 2. The first-order valence-corrected chi connectivity index (χ1v) is 10.7. The van der Waals surface area contributed by atoms with Crippen LogP contribution in [0.1, 0.15) is 5.56 Å². The minimum Gasteiger partial charge on any atom is -0.368 e. The first-order valence-electron chi connectivity index (χ1n) is 9.87. The predicted molar refractivity (Wildman–Crippen MR) is 129 cm³/mol. The predicted octanol–water partition coefficient (Wildman–Crippen LogP) is 4.84. The van der Waals surface area contributed by atoms with Crippen LogP contribution in [0.2, 0.25) is 0 Å². The molecule has 0 fully saturated rings. The van der Waals surface area contributed by atoms with E-state index in [1.165, 1.54) is 20.5 Å². The van der Waals surface area contributed by atoms with Crippen molar-refractivity contribution in [3.63, 3.8) is 0 Å². The fraction of sp³-hybridized carbons (Fsp3) is 0.0870. The number of nitrogens with one attached hydrogen (secondary N) is 3. The van der Waals surface area contributed by atoms with Crippen LogP contribution in [0.5, 0.6) is 0 Å². The Labute approximate surface area is 183 Å². The van der Waals surface area contributed by atoms with Crippen molar-refractivity contribution in [1.29, 1.82) is 0 Å². The van der Waals surface area contributed by atoms with Gasteiger partial charge in [0.25, 0.3) is 0 Å². The number of thiophene rings is 1. The van der Waals surface area contributed by atoms with Gasteiger partial charge in [-0.2, -0.15) is 10.1 Å². The van der Waals surface area contributed by atoms with Crippen molar-refractivity contribution in [2.75, 3.05) is 17.6 Å². The van der Waals surface area contributed by atoms with Crippen molar-refractivity contribution in [3.8, 4) is 10.4 Å². The number of anilines is 3. The highest BCUT2D eigenvalue weighted by Crippen LogP contribution is 2.39. The zero-order valence-corrected chi connectivity index (χ0v) is 17.5. The first kappa shape index (κ1) is 19.2. The maximum Gasteiger partial charge on any atom is 0.221 e. The Morgan fingerprint density at radius 1 is 1.13 bits per heavy atom. The molecule has 0 amide bonds. The molecule has 0 aliphatic rings. The highest BCUT2D eigenvalue weighted by molar-refractivity contribution is 7.22. The van der Waals surface area contributed by atoms with Gasteiger partial charge in [-0.05, 0) is 47.3 Å². The highest BCUT2D eigenvalue weighted by atomic mass is 32.1. The molecule has 31 heavy (non-hydrogen) atoms. The Kier molecular flexibility index (Phi) is 5.07. The standard InChI is InChI=1S/C23H21N7S/c1-2-6-25-12-14-3-4-19-15(8-14)10-20(31-19)18-11-17(9-16-13-27-30-22(16)18)28-21-5-7-26-23(24)29-21/h2-5,7-11,13,25H,1,6,12H2,(H,27,30)(H3,24,26,28,29). The molecular formula is C23H21N7S. The lowest BCUT2D eigenvalue weighted by Gasteiger charge is -2.08. The molecule has 5 aromatic rings. The van der Waals surface area contributed by atoms with Crippen LogP contribution in [-0.2, 0) is 6.54 Å². The monoisotopic (exact) mass is 427 g/mol. The largest absolute Gasteiger partial charge is 0.368 e. The molecule has 3 aromatic heterocycles. The van der Waals surface area contributed by atoms with E-state index < -0.39 is 0 Å². The third-order valence-corrected chi connectivity index (χ3v) is 6.11. The van der Waals surface area contributed by atoms with Gasteiger partial charge in [-0.25, -0.2) is 4.98 Å². The van der Waals surface area contributed by atoms with Crippen LogP contribution >= 0.6 is 11.3 Å². The van der Waals surface area contributed by atoms with E-state index in [-0.39, 0.29) is 5.95 Å². The minimum atomic E-state index is 0.234. The van der Waals surface area contributed by atoms with Crippen LogP contribution in [0.3, 0.4) is 0 Å². The van der Waals surface area contributed by atoms with Crippen LogP contribution in [0.15, 0.2) is 67.5 Å². The molecule has 0 atom stereocenters. The summed E-state index contributed by atoms with van der Waals surface area (Å²) < 4.78 is 1.25. The summed E-state index contributed by atoms with van der Waals surface area (Å²) in [6.07, 6.45) is 5.33. The van der Waals surface area contributed by atoms with Crippen LogP contribution in [-0.4, -0.2) is 26.7 Å². The SMILES string of the molecule is C=CCNCc1ccc2sc(-c3cc(Nc4ccnc(N)n4)cc4cn[nH]c34)cc2c1. The zero-order valence-electron chi connectivity index (χ0n) is 16.7. The molecule has 0 saturated heterocycles. The van der Waals surface area contributed by atoms with Gasteiger partial charge in [0.05, 0.1) is 11.7 Å². The molecule has 0 bridgehead atoms. The molecule has 8 heteroatoms. The number of nitrogen functional groups attached to an aromatic ring is 1. The molecule has 7 nitrogen and oxygen atoms in total. The second-order valence-electron chi connectivity index (χ2n) is 7.19. The topological polar surface area (TPSA) is 105 Å². The van der Waals surface area contributed by atoms with Crippen LogP contribution < -0.4 is 16.4 Å². The molecule has 5 rings (SSSR count). The van der Waals surface area contributed by atoms with Crippen molar-refractivity contribution in [1.82, 2.24) is 25.5 Å². The number of aromatic nitrogens is 4. The summed E-state index contributed by atoms with van der Waals surface area (Å²) in [7, 11) is 0. The van der Waals surface area contributed by atoms with Gasteiger partial charge in [0.15, 0.2) is 0 Å². The van der Waals surface area contributed by atoms with Gasteiger partial charge in [-0.15, -0.1) is 17.9 Å². The molecule has 0 unspecified atom stereocenters. The first-order chi connectivity index (χ1) is 15.2. The number of rotatable bonds is 7. The average Bonchev–Trinajstić information content (AvgIpc) is 3.40. The quantitative estimate of drug-likeness (QED) is 0.219. The molecule has 154 valence electrons. The summed E-state index contributed by atoms with van der Waals surface area (Å²) in [6.45, 7) is 5.36. The van der Waals surface area contributed by atoms with Crippen LogP contribution in [0.4, 0.5) is 17.5 Å². The lowest BCUT2D eigenvalue weighted by Crippen LogP contribution is -2.12. The fourth-order valence-corrected chi connectivity index (χ4v) is 4.63. The molecule has 2 aromatic carbocycles. The van der Waals surface area contributed by atoms with Crippen molar-refractivity contribution in [3.05, 3.63) is 73.1 Å². The maximum atomic E-state index is 5.72. The smallest absolute Gasteiger partial charge is 0.221 e. The Morgan fingerprint density at radius 3 is 2.94 bits per heavy atom. The molecule has 3 heterocycles. The molecule has 0 spiro atoms. The zero-order chi connectivity index (χ0) is 21.2. The number of nitrogens with two attached hydrogens (primary N) is 1.